The minimum Gasteiger partial charge on any atom is -0.348 e. The average molecular weight is 277 g/mol. The molecule has 0 atom stereocenters. The first kappa shape index (κ1) is 16.2. The molecule has 0 saturated carbocycles. The van der Waals surface area contributed by atoms with Gasteiger partial charge in [0.15, 0.2) is 0 Å². The number of amides is 2. The number of nitrogens with zero attached hydrogens (tertiary/aromatic N) is 1. The van der Waals surface area contributed by atoms with E-state index in [0.717, 1.165) is 24.1 Å². The second-order valence-corrected chi connectivity index (χ2v) is 5.08. The Morgan fingerprint density at radius 3 is 2.50 bits per heavy atom. The molecule has 2 N–H and O–H groups in total. The van der Waals surface area contributed by atoms with Gasteiger partial charge in [0, 0.05) is 13.1 Å². The van der Waals surface area contributed by atoms with E-state index in [1.807, 2.05) is 50.2 Å². The van der Waals surface area contributed by atoms with Gasteiger partial charge in [0.25, 0.3) is 0 Å². The number of hydrogen-bond donors (Lipinski definition) is 2. The number of carbonyl (C=O) groups excluding carboxylic acids is 2. The standard InChI is InChI=1S/C15H23N3O2/c1-12-6-4-7-13(10-12)11-17-15(20)14(19)16-8-5-9-18(2)3/h4,6-7,10H,5,8-9,11H2,1-3H3,(H,16,19)(H,17,20). The predicted molar refractivity (Wildman–Crippen MR) is 79.2 cm³/mol. The topological polar surface area (TPSA) is 61.4 Å². The molecular formula is C15H23N3O2. The number of carbonyl (C=O) groups is 2. The summed E-state index contributed by atoms with van der Waals surface area (Å²) in [6, 6.07) is 7.82. The van der Waals surface area contributed by atoms with Crippen LogP contribution in [0.3, 0.4) is 0 Å². The summed E-state index contributed by atoms with van der Waals surface area (Å²) in [4.78, 5) is 25.2. The monoisotopic (exact) mass is 277 g/mol. The zero-order chi connectivity index (χ0) is 15.0. The molecule has 5 heteroatoms. The molecule has 0 aromatic heterocycles. The van der Waals surface area contributed by atoms with Crippen molar-refractivity contribution in [1.82, 2.24) is 15.5 Å². The molecule has 5 nitrogen and oxygen atoms in total. The average Bonchev–Trinajstić information content (AvgIpc) is 2.40. The van der Waals surface area contributed by atoms with Crippen LogP contribution in [0.5, 0.6) is 0 Å². The summed E-state index contributed by atoms with van der Waals surface area (Å²) in [6.07, 6.45) is 0.823. The number of hydrogen-bond acceptors (Lipinski definition) is 3. The highest BCUT2D eigenvalue weighted by molar-refractivity contribution is 6.35. The lowest BCUT2D eigenvalue weighted by atomic mass is 10.1. The van der Waals surface area contributed by atoms with E-state index >= 15 is 0 Å². The zero-order valence-electron chi connectivity index (χ0n) is 12.4. The Labute approximate surface area is 120 Å². The van der Waals surface area contributed by atoms with Gasteiger partial charge in [-0.2, -0.15) is 0 Å². The molecule has 0 spiro atoms. The van der Waals surface area contributed by atoms with Gasteiger partial charge in [0.2, 0.25) is 0 Å². The lowest BCUT2D eigenvalue weighted by Gasteiger charge is -2.10. The maximum atomic E-state index is 11.6. The first-order valence-corrected chi connectivity index (χ1v) is 6.75. The fourth-order valence-electron chi connectivity index (χ4n) is 1.76. The lowest BCUT2D eigenvalue weighted by molar-refractivity contribution is -0.139. The Balaban J connectivity index is 2.26. The van der Waals surface area contributed by atoms with Gasteiger partial charge in [0.1, 0.15) is 0 Å². The Kier molecular flexibility index (Phi) is 6.73. The third-order valence-electron chi connectivity index (χ3n) is 2.81. The predicted octanol–water partition coefficient (Wildman–Crippen LogP) is 0.679. The molecule has 0 bridgehead atoms. The summed E-state index contributed by atoms with van der Waals surface area (Å²) in [7, 11) is 3.94. The lowest BCUT2D eigenvalue weighted by Crippen LogP contribution is -2.40. The van der Waals surface area contributed by atoms with Gasteiger partial charge >= 0.3 is 11.8 Å². The maximum absolute atomic E-state index is 11.6. The van der Waals surface area contributed by atoms with Gasteiger partial charge in [-0.05, 0) is 39.5 Å². The molecule has 2 amide bonds. The molecule has 0 aliphatic rings. The van der Waals surface area contributed by atoms with E-state index in [2.05, 4.69) is 10.6 Å². The van der Waals surface area contributed by atoms with Crippen molar-refractivity contribution in [3.63, 3.8) is 0 Å². The first-order valence-electron chi connectivity index (χ1n) is 6.75. The molecular weight excluding hydrogens is 254 g/mol. The Hall–Kier alpha value is -1.88. The molecule has 1 rings (SSSR count). The van der Waals surface area contributed by atoms with Crippen molar-refractivity contribution in [3.8, 4) is 0 Å². The van der Waals surface area contributed by atoms with Crippen LogP contribution < -0.4 is 10.6 Å². The number of benzene rings is 1. The fourth-order valence-corrected chi connectivity index (χ4v) is 1.76. The Morgan fingerprint density at radius 2 is 1.85 bits per heavy atom. The summed E-state index contributed by atoms with van der Waals surface area (Å²) >= 11 is 0. The SMILES string of the molecule is Cc1cccc(CNC(=O)C(=O)NCCCN(C)C)c1. The number of nitrogens with one attached hydrogen (secondary N) is 2. The largest absolute Gasteiger partial charge is 0.348 e. The summed E-state index contributed by atoms with van der Waals surface area (Å²) in [5, 5.41) is 5.22. The van der Waals surface area contributed by atoms with Crippen molar-refractivity contribution >= 4 is 11.8 Å². The van der Waals surface area contributed by atoms with Crippen molar-refractivity contribution in [2.45, 2.75) is 19.9 Å². The van der Waals surface area contributed by atoms with Crippen LogP contribution in [-0.2, 0) is 16.1 Å². The summed E-state index contributed by atoms with van der Waals surface area (Å²) in [5.41, 5.74) is 2.11. The van der Waals surface area contributed by atoms with Gasteiger partial charge < -0.3 is 15.5 Å². The highest BCUT2D eigenvalue weighted by atomic mass is 16.2. The van der Waals surface area contributed by atoms with E-state index in [1.54, 1.807) is 0 Å². The van der Waals surface area contributed by atoms with Crippen LogP contribution in [0.25, 0.3) is 0 Å². The van der Waals surface area contributed by atoms with Crippen LogP contribution in [0.15, 0.2) is 24.3 Å². The second kappa shape index (κ2) is 8.32. The van der Waals surface area contributed by atoms with E-state index in [0.29, 0.717) is 13.1 Å². The van der Waals surface area contributed by atoms with Crippen LogP contribution in [-0.4, -0.2) is 43.9 Å². The minimum absolute atomic E-state index is 0.367. The van der Waals surface area contributed by atoms with Gasteiger partial charge in [-0.3, -0.25) is 9.59 Å². The van der Waals surface area contributed by atoms with Crippen LogP contribution >= 0.6 is 0 Å². The fraction of sp³-hybridized carbons (Fsp3) is 0.467. The zero-order valence-corrected chi connectivity index (χ0v) is 12.4. The number of rotatable bonds is 6. The van der Waals surface area contributed by atoms with E-state index < -0.39 is 11.8 Å². The van der Waals surface area contributed by atoms with Crippen LogP contribution in [0.2, 0.25) is 0 Å². The van der Waals surface area contributed by atoms with Crippen molar-refractivity contribution in [3.05, 3.63) is 35.4 Å². The molecule has 20 heavy (non-hydrogen) atoms. The van der Waals surface area contributed by atoms with Gasteiger partial charge in [-0.25, -0.2) is 0 Å². The first-order chi connectivity index (χ1) is 9.49. The normalized spacial score (nSPS) is 10.4. The van der Waals surface area contributed by atoms with Crippen LogP contribution in [0.1, 0.15) is 17.5 Å². The minimum atomic E-state index is -0.587. The molecule has 0 aliphatic carbocycles. The maximum Gasteiger partial charge on any atom is 0.309 e. The quantitative estimate of drug-likeness (QED) is 0.594. The summed E-state index contributed by atoms with van der Waals surface area (Å²) < 4.78 is 0. The Bertz CT molecular complexity index is 458. The second-order valence-electron chi connectivity index (χ2n) is 5.08. The van der Waals surface area contributed by atoms with Gasteiger partial charge in [-0.1, -0.05) is 29.8 Å². The third kappa shape index (κ3) is 6.33. The van der Waals surface area contributed by atoms with Crippen molar-refractivity contribution in [2.24, 2.45) is 0 Å². The van der Waals surface area contributed by atoms with E-state index in [1.165, 1.54) is 0 Å². The van der Waals surface area contributed by atoms with Crippen molar-refractivity contribution < 1.29 is 9.59 Å². The van der Waals surface area contributed by atoms with Crippen molar-refractivity contribution in [2.75, 3.05) is 27.2 Å². The molecule has 0 heterocycles. The van der Waals surface area contributed by atoms with E-state index in [9.17, 15) is 9.59 Å². The molecule has 110 valence electrons. The van der Waals surface area contributed by atoms with Gasteiger partial charge in [0.05, 0.1) is 0 Å². The van der Waals surface area contributed by atoms with Crippen LogP contribution in [0, 0.1) is 6.92 Å². The molecule has 0 fully saturated rings. The third-order valence-corrected chi connectivity index (χ3v) is 2.81. The molecule has 1 aromatic carbocycles. The van der Waals surface area contributed by atoms with E-state index in [4.69, 9.17) is 0 Å². The number of aryl methyl sites for hydroxylation is 1. The highest BCUT2D eigenvalue weighted by Crippen LogP contribution is 2.02. The molecule has 0 radical (unpaired) electrons. The van der Waals surface area contributed by atoms with Crippen LogP contribution in [0.4, 0.5) is 0 Å². The van der Waals surface area contributed by atoms with Crippen molar-refractivity contribution in [1.29, 1.82) is 0 Å². The Morgan fingerprint density at radius 1 is 1.15 bits per heavy atom. The van der Waals surface area contributed by atoms with E-state index in [-0.39, 0.29) is 0 Å². The molecule has 0 saturated heterocycles. The summed E-state index contributed by atoms with van der Waals surface area (Å²) in [6.45, 7) is 3.74. The van der Waals surface area contributed by atoms with Gasteiger partial charge in [-0.15, -0.1) is 0 Å². The summed E-state index contributed by atoms with van der Waals surface area (Å²) in [5.74, 6) is -1.16. The molecule has 0 aliphatic heterocycles. The highest BCUT2D eigenvalue weighted by Gasteiger charge is 2.11. The smallest absolute Gasteiger partial charge is 0.309 e. The molecule has 0 unspecified atom stereocenters. The molecule has 1 aromatic rings.